The molecule has 1 rings (SSSR count). The fourth-order valence-corrected chi connectivity index (χ4v) is 1.14. The summed E-state index contributed by atoms with van der Waals surface area (Å²) >= 11 is 0. The van der Waals surface area contributed by atoms with E-state index >= 15 is 0 Å². The van der Waals surface area contributed by atoms with E-state index < -0.39 is 0 Å². The van der Waals surface area contributed by atoms with Gasteiger partial charge in [0, 0.05) is 0 Å². The van der Waals surface area contributed by atoms with E-state index in [-0.39, 0.29) is 13.5 Å². The Bertz CT molecular complexity index is 313. The van der Waals surface area contributed by atoms with Crippen LogP contribution in [0.5, 0.6) is 0 Å². The number of nitrogens with two attached hydrogens (primary N) is 1. The van der Waals surface area contributed by atoms with Crippen LogP contribution >= 0.6 is 0 Å². The highest BCUT2D eigenvalue weighted by Gasteiger charge is 1.97. The van der Waals surface area contributed by atoms with Crippen molar-refractivity contribution >= 4 is 0 Å². The Balaban J connectivity index is -0.000000156. The summed E-state index contributed by atoms with van der Waals surface area (Å²) in [5.41, 5.74) is 6.20. The highest BCUT2D eigenvalue weighted by molar-refractivity contribution is 5.14. The first kappa shape index (κ1) is 32.7. The Morgan fingerprint density at radius 3 is 1.65 bits per heavy atom. The molecule has 0 aliphatic heterocycles. The molecule has 0 radical (unpaired) electrons. The minimum Gasteiger partial charge on any atom is -0.393 e. The first-order valence-corrected chi connectivity index (χ1v) is 9.96. The summed E-state index contributed by atoms with van der Waals surface area (Å²) in [4.78, 5) is 0. The predicted molar refractivity (Wildman–Crippen MR) is 120 cm³/mol. The molecule has 0 saturated carbocycles. The maximum atomic E-state index is 8.36. The van der Waals surface area contributed by atoms with Crippen molar-refractivity contribution in [1.82, 2.24) is 0 Å². The number of aliphatic hydroxyl groups excluding tert-OH is 1. The van der Waals surface area contributed by atoms with Gasteiger partial charge in [-0.25, -0.2) is 0 Å². The van der Waals surface area contributed by atoms with E-state index in [9.17, 15) is 0 Å². The van der Waals surface area contributed by atoms with Gasteiger partial charge in [-0.2, -0.15) is 0 Å². The molecule has 0 heterocycles. The fraction of sp³-hybridized carbons (Fsp3) is 0.739. The monoisotopic (exact) mass is 371 g/mol. The minimum atomic E-state index is -0.116. The molecular weight excluding hydrogens is 322 g/mol. The van der Waals surface area contributed by atoms with E-state index in [1.165, 1.54) is 18.4 Å². The van der Waals surface area contributed by atoms with E-state index in [1.54, 1.807) is 6.92 Å². The summed E-state index contributed by atoms with van der Waals surface area (Å²) in [5, 5.41) is 8.36. The average Bonchev–Trinajstić information content (AvgIpc) is 2.63. The molecule has 0 fully saturated rings. The van der Waals surface area contributed by atoms with Gasteiger partial charge in [0.15, 0.2) is 0 Å². The number of aliphatic hydroxyl groups is 1. The van der Waals surface area contributed by atoms with Crippen LogP contribution in [0.15, 0.2) is 30.3 Å². The fourth-order valence-electron chi connectivity index (χ4n) is 1.14. The number of unbranched alkanes of at least 4 members (excludes halogenated alkanes) is 1. The molecule has 0 bridgehead atoms. The molecule has 0 saturated heterocycles. The van der Waals surface area contributed by atoms with Crippen LogP contribution in [0.1, 0.15) is 87.1 Å². The lowest BCUT2D eigenvalue weighted by atomic mass is 10.2. The van der Waals surface area contributed by atoms with Crippen LogP contribution in [0.3, 0.4) is 0 Å². The first-order chi connectivity index (χ1) is 11.9. The largest absolute Gasteiger partial charge is 0.393 e. The van der Waals surface area contributed by atoms with Crippen molar-refractivity contribution in [2.24, 2.45) is 5.73 Å². The van der Waals surface area contributed by atoms with Crippen molar-refractivity contribution in [2.75, 3.05) is 13.2 Å². The van der Waals surface area contributed by atoms with Gasteiger partial charge in [-0.15, -0.1) is 0 Å². The molecule has 158 valence electrons. The Morgan fingerprint density at radius 1 is 0.923 bits per heavy atom. The second kappa shape index (κ2) is 28.9. The highest BCUT2D eigenvalue weighted by atomic mass is 16.5. The smallest absolute Gasteiger partial charge is 0.0544 e. The molecule has 1 aromatic carbocycles. The van der Waals surface area contributed by atoms with E-state index in [2.05, 4.69) is 52.0 Å². The average molecular weight is 372 g/mol. The lowest BCUT2D eigenvalue weighted by Crippen LogP contribution is -2.08. The van der Waals surface area contributed by atoms with Gasteiger partial charge in [0.1, 0.15) is 0 Å². The third-order valence-electron chi connectivity index (χ3n) is 3.30. The van der Waals surface area contributed by atoms with Gasteiger partial charge in [0.25, 0.3) is 0 Å². The maximum absolute atomic E-state index is 8.36. The molecule has 2 atom stereocenters. The topological polar surface area (TPSA) is 55.5 Å². The van der Waals surface area contributed by atoms with Crippen LogP contribution < -0.4 is 5.73 Å². The molecule has 0 aromatic heterocycles. The van der Waals surface area contributed by atoms with Gasteiger partial charge >= 0.3 is 0 Å². The summed E-state index contributed by atoms with van der Waals surface area (Å²) in [5.74, 6) is 0. The van der Waals surface area contributed by atoms with Crippen molar-refractivity contribution in [3.05, 3.63) is 35.9 Å². The molecule has 0 aliphatic carbocycles. The zero-order valence-electron chi connectivity index (χ0n) is 17.9. The van der Waals surface area contributed by atoms with Gasteiger partial charge in [0.2, 0.25) is 0 Å². The van der Waals surface area contributed by atoms with Crippen molar-refractivity contribution in [1.29, 1.82) is 0 Å². The van der Waals surface area contributed by atoms with E-state index in [0.29, 0.717) is 6.10 Å². The molecule has 0 amide bonds. The van der Waals surface area contributed by atoms with Crippen molar-refractivity contribution in [2.45, 2.75) is 100 Å². The lowest BCUT2D eigenvalue weighted by Gasteiger charge is -2.09. The summed E-state index contributed by atoms with van der Waals surface area (Å²) in [7, 11) is 0. The molecule has 0 aliphatic rings. The number of rotatable bonds is 7. The molecule has 3 N–H and O–H groups in total. The molecular formula is C23H49NO2. The van der Waals surface area contributed by atoms with Crippen molar-refractivity contribution < 1.29 is 9.84 Å². The molecule has 26 heavy (non-hydrogen) atoms. The summed E-state index contributed by atoms with van der Waals surface area (Å²) in [6, 6.07) is 10.5. The zero-order valence-corrected chi connectivity index (χ0v) is 17.9. The normalized spacial score (nSPS) is 11.1. The Hall–Kier alpha value is -0.900. The number of hydrogen-bond donors (Lipinski definition) is 2. The SMILES string of the molecule is C.CCC(C)O.CCC(C)OCCc1ccccc1.CCCC.CCN. The van der Waals surface area contributed by atoms with Gasteiger partial charge in [-0.05, 0) is 45.2 Å². The van der Waals surface area contributed by atoms with Crippen LogP contribution in [0.25, 0.3) is 0 Å². The Labute approximate surface area is 165 Å². The van der Waals surface area contributed by atoms with Crippen LogP contribution in [-0.4, -0.2) is 30.5 Å². The predicted octanol–water partition coefficient (Wildman–Crippen LogP) is 6.23. The van der Waals surface area contributed by atoms with Gasteiger partial charge < -0.3 is 15.6 Å². The number of benzene rings is 1. The maximum Gasteiger partial charge on any atom is 0.0544 e. The first-order valence-electron chi connectivity index (χ1n) is 9.96. The van der Waals surface area contributed by atoms with Gasteiger partial charge in [-0.3, -0.25) is 0 Å². The molecule has 3 nitrogen and oxygen atoms in total. The van der Waals surface area contributed by atoms with Gasteiger partial charge in [0.05, 0.1) is 18.8 Å². The van der Waals surface area contributed by atoms with Crippen LogP contribution in [0.4, 0.5) is 0 Å². The minimum absolute atomic E-state index is 0. The number of ether oxygens (including phenoxy) is 1. The van der Waals surface area contributed by atoms with Crippen molar-refractivity contribution in [3.8, 4) is 0 Å². The molecule has 2 unspecified atom stereocenters. The number of hydrogen-bond acceptors (Lipinski definition) is 3. The quantitative estimate of drug-likeness (QED) is 0.597. The van der Waals surface area contributed by atoms with Crippen LogP contribution in [-0.2, 0) is 11.2 Å². The molecule has 0 spiro atoms. The van der Waals surface area contributed by atoms with E-state index in [1.807, 2.05) is 19.9 Å². The second-order valence-electron chi connectivity index (χ2n) is 5.99. The summed E-state index contributed by atoms with van der Waals surface area (Å²) < 4.78 is 5.60. The van der Waals surface area contributed by atoms with Crippen LogP contribution in [0, 0.1) is 0 Å². The van der Waals surface area contributed by atoms with Gasteiger partial charge in [-0.1, -0.05) is 85.2 Å². The summed E-state index contributed by atoms with van der Waals surface area (Å²) in [6.07, 6.45) is 5.89. The van der Waals surface area contributed by atoms with Crippen molar-refractivity contribution in [3.63, 3.8) is 0 Å². The highest BCUT2D eigenvalue weighted by Crippen LogP contribution is 2.02. The van der Waals surface area contributed by atoms with Crippen LogP contribution in [0.2, 0.25) is 0 Å². The Kier molecular flexibility index (Phi) is 36.4. The second-order valence-corrected chi connectivity index (χ2v) is 5.99. The third-order valence-corrected chi connectivity index (χ3v) is 3.30. The van der Waals surface area contributed by atoms with E-state index in [4.69, 9.17) is 15.6 Å². The van der Waals surface area contributed by atoms with E-state index in [0.717, 1.165) is 32.4 Å². The lowest BCUT2D eigenvalue weighted by molar-refractivity contribution is 0.0659. The molecule has 1 aromatic rings. The molecule has 3 heteroatoms. The third kappa shape index (κ3) is 34.4. The summed E-state index contributed by atoms with van der Waals surface area (Å²) in [6.45, 7) is 15.8. The Morgan fingerprint density at radius 2 is 1.35 bits per heavy atom. The zero-order chi connectivity index (χ0) is 19.9. The standard InChI is InChI=1S/C12H18O.C4H10O.C4H10.C2H7N.CH4/c1-3-11(2)13-10-9-12-7-5-4-6-8-12;1-3-4(2)5;1-3-4-2;1-2-3;/h4-8,11H,3,9-10H2,1-2H3;4-5H,3H2,1-2H3;3-4H2,1-2H3;2-3H2,1H3;1H4.